The summed E-state index contributed by atoms with van der Waals surface area (Å²) >= 11 is 7.55. The number of hydrogen-bond acceptors (Lipinski definition) is 6. The van der Waals surface area contributed by atoms with Gasteiger partial charge in [-0.05, 0) is 49.6 Å². The number of carbonyl (C=O) groups excluding carboxylic acids is 1. The quantitative estimate of drug-likeness (QED) is 0.503. The van der Waals surface area contributed by atoms with E-state index in [0.717, 1.165) is 42.7 Å². The average Bonchev–Trinajstić information content (AvgIpc) is 3.38. The number of nitrogens with one attached hydrogen (secondary N) is 1. The van der Waals surface area contributed by atoms with Gasteiger partial charge in [-0.3, -0.25) is 9.36 Å². The fourth-order valence-corrected chi connectivity index (χ4v) is 4.93. The van der Waals surface area contributed by atoms with Crippen LogP contribution in [-0.4, -0.2) is 32.2 Å². The molecule has 1 aromatic heterocycles. The summed E-state index contributed by atoms with van der Waals surface area (Å²) < 4.78 is 14.1. The van der Waals surface area contributed by atoms with Crippen LogP contribution in [0.4, 0.5) is 5.69 Å². The molecule has 0 unspecified atom stereocenters. The highest BCUT2D eigenvalue weighted by molar-refractivity contribution is 7.99. The van der Waals surface area contributed by atoms with Gasteiger partial charge in [-0.15, -0.1) is 10.2 Å². The number of ether oxygens (including phenoxy) is 2. The molecule has 32 heavy (non-hydrogen) atoms. The van der Waals surface area contributed by atoms with Crippen LogP contribution in [0.25, 0.3) is 5.69 Å². The Labute approximate surface area is 195 Å². The summed E-state index contributed by atoms with van der Waals surface area (Å²) in [5.41, 5.74) is 2.52. The van der Waals surface area contributed by atoms with Crippen LogP contribution in [0, 0.1) is 6.92 Å². The van der Waals surface area contributed by atoms with Gasteiger partial charge >= 0.3 is 0 Å². The average molecular weight is 471 g/mol. The Hall–Kier alpha value is -2.71. The number of aromatic nitrogens is 3. The van der Waals surface area contributed by atoms with E-state index < -0.39 is 5.79 Å². The van der Waals surface area contributed by atoms with Crippen LogP contribution in [-0.2, 0) is 4.79 Å². The molecule has 1 spiro atoms. The van der Waals surface area contributed by atoms with Gasteiger partial charge in [-0.25, -0.2) is 0 Å². The Balaban J connectivity index is 1.21. The number of thioether (sulfide) groups is 1. The van der Waals surface area contributed by atoms with Gasteiger partial charge in [0.05, 0.1) is 11.4 Å². The molecular formula is C23H23ClN4O3S. The molecular weight excluding hydrogens is 448 g/mol. The lowest BCUT2D eigenvalue weighted by atomic mass is 9.94. The third kappa shape index (κ3) is 4.29. The van der Waals surface area contributed by atoms with Crippen molar-refractivity contribution in [2.45, 2.75) is 50.0 Å². The summed E-state index contributed by atoms with van der Waals surface area (Å²) in [6.45, 7) is 1.95. The number of benzene rings is 2. The molecule has 0 saturated heterocycles. The van der Waals surface area contributed by atoms with E-state index in [9.17, 15) is 4.79 Å². The van der Waals surface area contributed by atoms with Gasteiger partial charge in [0.25, 0.3) is 5.79 Å². The molecule has 2 aromatic carbocycles. The van der Waals surface area contributed by atoms with E-state index in [1.54, 1.807) is 6.33 Å². The summed E-state index contributed by atoms with van der Waals surface area (Å²) in [5.74, 6) is 0.953. The second-order valence-electron chi connectivity index (χ2n) is 8.09. The lowest BCUT2D eigenvalue weighted by molar-refractivity contribution is -0.113. The second-order valence-corrected chi connectivity index (χ2v) is 9.44. The topological polar surface area (TPSA) is 78.3 Å². The van der Waals surface area contributed by atoms with Crippen molar-refractivity contribution in [3.8, 4) is 17.2 Å². The number of nitrogens with zero attached hydrogens (tertiary/aromatic N) is 3. The van der Waals surface area contributed by atoms with Crippen molar-refractivity contribution < 1.29 is 14.3 Å². The standard InChI is InChI=1S/C23H23ClN4O3S/c1-15-5-7-17(12-18(15)24)28-14-25-27-22(28)32-13-21(29)26-16-6-8-19-20(11-16)31-23(30-19)9-3-2-4-10-23/h5-8,11-12,14H,2-4,9-10,13H2,1H3,(H,26,29). The van der Waals surface area contributed by atoms with E-state index in [1.165, 1.54) is 18.2 Å². The van der Waals surface area contributed by atoms with Gasteiger partial charge in [-0.1, -0.05) is 35.9 Å². The molecule has 1 N–H and O–H groups in total. The Kier molecular flexibility index (Phi) is 5.73. The summed E-state index contributed by atoms with van der Waals surface area (Å²) in [6, 6.07) is 11.3. The molecule has 2 aliphatic rings. The zero-order chi connectivity index (χ0) is 22.1. The third-order valence-electron chi connectivity index (χ3n) is 5.72. The maximum atomic E-state index is 12.6. The molecule has 1 amide bonds. The molecule has 5 rings (SSSR count). The minimum absolute atomic E-state index is 0.141. The Bertz CT molecular complexity index is 1160. The number of rotatable bonds is 5. The molecule has 1 saturated carbocycles. The molecule has 166 valence electrons. The van der Waals surface area contributed by atoms with E-state index in [-0.39, 0.29) is 11.7 Å². The van der Waals surface area contributed by atoms with Gasteiger partial charge in [-0.2, -0.15) is 0 Å². The van der Waals surface area contributed by atoms with Crippen molar-refractivity contribution in [3.05, 3.63) is 53.3 Å². The number of halogens is 1. The number of carbonyl (C=O) groups is 1. The van der Waals surface area contributed by atoms with Crippen molar-refractivity contribution in [1.82, 2.24) is 14.8 Å². The normalized spacial score (nSPS) is 16.3. The highest BCUT2D eigenvalue weighted by Gasteiger charge is 2.42. The number of amides is 1. The number of aryl methyl sites for hydroxylation is 1. The number of fused-ring (bicyclic) bond motifs is 1. The smallest absolute Gasteiger partial charge is 0.251 e. The Morgan fingerprint density at radius 3 is 2.78 bits per heavy atom. The van der Waals surface area contributed by atoms with E-state index in [1.807, 2.05) is 47.9 Å². The van der Waals surface area contributed by atoms with Crippen molar-refractivity contribution in [2.24, 2.45) is 0 Å². The number of hydrogen-bond donors (Lipinski definition) is 1. The summed E-state index contributed by atoms with van der Waals surface area (Å²) in [7, 11) is 0. The van der Waals surface area contributed by atoms with Crippen LogP contribution < -0.4 is 14.8 Å². The van der Waals surface area contributed by atoms with Gasteiger partial charge in [0.15, 0.2) is 16.7 Å². The zero-order valence-electron chi connectivity index (χ0n) is 17.6. The third-order valence-corrected chi connectivity index (χ3v) is 7.07. The highest BCUT2D eigenvalue weighted by Crippen LogP contribution is 2.46. The van der Waals surface area contributed by atoms with E-state index in [2.05, 4.69) is 15.5 Å². The first kappa shape index (κ1) is 21.2. The van der Waals surface area contributed by atoms with E-state index in [0.29, 0.717) is 21.6 Å². The van der Waals surface area contributed by atoms with Gasteiger partial charge in [0.2, 0.25) is 5.91 Å². The highest BCUT2D eigenvalue weighted by atomic mass is 35.5. The van der Waals surface area contributed by atoms with Crippen LogP contribution in [0.3, 0.4) is 0 Å². The van der Waals surface area contributed by atoms with Crippen LogP contribution in [0.15, 0.2) is 47.9 Å². The molecule has 2 heterocycles. The van der Waals surface area contributed by atoms with E-state index >= 15 is 0 Å². The maximum absolute atomic E-state index is 12.6. The monoisotopic (exact) mass is 470 g/mol. The van der Waals surface area contributed by atoms with Gasteiger partial charge < -0.3 is 14.8 Å². The van der Waals surface area contributed by atoms with Crippen LogP contribution >= 0.6 is 23.4 Å². The minimum Gasteiger partial charge on any atom is -0.448 e. The largest absolute Gasteiger partial charge is 0.448 e. The first-order valence-electron chi connectivity index (χ1n) is 10.6. The first-order chi connectivity index (χ1) is 15.5. The Morgan fingerprint density at radius 2 is 1.97 bits per heavy atom. The molecule has 1 fully saturated rings. The lowest BCUT2D eigenvalue weighted by Gasteiger charge is -2.31. The van der Waals surface area contributed by atoms with Gasteiger partial charge in [0.1, 0.15) is 6.33 Å². The van der Waals surface area contributed by atoms with Crippen molar-refractivity contribution >= 4 is 35.0 Å². The molecule has 3 aromatic rings. The lowest BCUT2D eigenvalue weighted by Crippen LogP contribution is -2.40. The minimum atomic E-state index is -0.526. The Morgan fingerprint density at radius 1 is 1.16 bits per heavy atom. The predicted octanol–water partition coefficient (Wildman–Crippen LogP) is 5.39. The predicted molar refractivity (Wildman–Crippen MR) is 124 cm³/mol. The summed E-state index contributed by atoms with van der Waals surface area (Å²) in [4.78, 5) is 12.6. The molecule has 1 aliphatic carbocycles. The summed E-state index contributed by atoms with van der Waals surface area (Å²) in [5, 5.41) is 12.3. The first-order valence-corrected chi connectivity index (χ1v) is 12.0. The SMILES string of the molecule is Cc1ccc(-n2cnnc2SCC(=O)Nc2ccc3c(c2)OC2(CCCCC2)O3)cc1Cl. The van der Waals surface area contributed by atoms with E-state index in [4.69, 9.17) is 21.1 Å². The van der Waals surface area contributed by atoms with Gasteiger partial charge in [0, 0.05) is 29.6 Å². The second kappa shape index (κ2) is 8.67. The molecule has 7 nitrogen and oxygen atoms in total. The molecule has 1 aliphatic heterocycles. The molecule has 0 bridgehead atoms. The maximum Gasteiger partial charge on any atom is 0.251 e. The summed E-state index contributed by atoms with van der Waals surface area (Å²) in [6.07, 6.45) is 6.83. The molecule has 9 heteroatoms. The van der Waals surface area contributed by atoms with Crippen LogP contribution in [0.2, 0.25) is 5.02 Å². The van der Waals surface area contributed by atoms with Crippen LogP contribution in [0.5, 0.6) is 11.5 Å². The fraction of sp³-hybridized carbons (Fsp3) is 0.348. The zero-order valence-corrected chi connectivity index (χ0v) is 19.2. The van der Waals surface area contributed by atoms with Crippen molar-refractivity contribution in [1.29, 1.82) is 0 Å². The molecule has 0 atom stereocenters. The number of anilines is 1. The fourth-order valence-electron chi connectivity index (χ4n) is 4.02. The molecule has 0 radical (unpaired) electrons. The van der Waals surface area contributed by atoms with Crippen molar-refractivity contribution in [2.75, 3.05) is 11.1 Å². The van der Waals surface area contributed by atoms with Crippen molar-refractivity contribution in [3.63, 3.8) is 0 Å². The van der Waals surface area contributed by atoms with Crippen LogP contribution in [0.1, 0.15) is 37.7 Å².